The number of rotatable bonds is 6. The number of nitrogens with one attached hydrogen (secondary N) is 1. The Morgan fingerprint density at radius 2 is 1.70 bits per heavy atom. The number of likely N-dealkylation sites (tertiary alicyclic amines) is 1. The van der Waals surface area contributed by atoms with Crippen LogP contribution in [0.25, 0.3) is 0 Å². The zero-order valence-electron chi connectivity index (χ0n) is 19.3. The first-order valence-electron chi connectivity index (χ1n) is 11.1. The van der Waals surface area contributed by atoms with Gasteiger partial charge in [0.25, 0.3) is 5.91 Å². The number of hydrogen-bond acceptors (Lipinski definition) is 4. The molecular weight excluding hydrogens is 516 g/mol. The minimum atomic E-state index is -5.08. The predicted octanol–water partition coefficient (Wildman–Crippen LogP) is 6.02. The number of hydrogen-bond donors (Lipinski definition) is 2. The SMILES string of the molecule is O=C(Nc1ccc(OC2CCN(Cc3ccccc3)C2)c(Cl)c1)c1ccc(F)cc1.O=C(O)C(F)(F)F. The lowest BCUT2D eigenvalue weighted by Crippen LogP contribution is -2.24. The second-order valence-electron chi connectivity index (χ2n) is 8.16. The Balaban J connectivity index is 0.000000479. The van der Waals surface area contributed by atoms with E-state index >= 15 is 0 Å². The Morgan fingerprint density at radius 1 is 1.05 bits per heavy atom. The highest BCUT2D eigenvalue weighted by Crippen LogP contribution is 2.30. The van der Waals surface area contributed by atoms with Gasteiger partial charge in [-0.2, -0.15) is 13.2 Å². The highest BCUT2D eigenvalue weighted by atomic mass is 35.5. The minimum Gasteiger partial charge on any atom is -0.487 e. The van der Waals surface area contributed by atoms with E-state index in [2.05, 4.69) is 34.5 Å². The maximum absolute atomic E-state index is 13.0. The smallest absolute Gasteiger partial charge is 0.487 e. The van der Waals surface area contributed by atoms with Crippen LogP contribution in [0.15, 0.2) is 72.8 Å². The Hall–Kier alpha value is -3.63. The molecule has 1 fully saturated rings. The van der Waals surface area contributed by atoms with E-state index in [4.69, 9.17) is 26.2 Å². The van der Waals surface area contributed by atoms with Crippen molar-refractivity contribution in [2.75, 3.05) is 18.4 Å². The molecule has 37 heavy (non-hydrogen) atoms. The molecular formula is C26H23ClF4N2O4. The number of ether oxygens (including phenoxy) is 1. The molecule has 1 aliphatic heterocycles. The van der Waals surface area contributed by atoms with Gasteiger partial charge in [-0.15, -0.1) is 0 Å². The molecule has 3 aromatic carbocycles. The summed E-state index contributed by atoms with van der Waals surface area (Å²) in [7, 11) is 0. The minimum absolute atomic E-state index is 0.0749. The number of aliphatic carboxylic acids is 1. The molecule has 1 aliphatic rings. The third-order valence-corrected chi connectivity index (χ3v) is 5.61. The van der Waals surface area contributed by atoms with Crippen LogP contribution in [0.4, 0.5) is 23.2 Å². The number of halogens is 5. The molecule has 196 valence electrons. The predicted molar refractivity (Wildman–Crippen MR) is 130 cm³/mol. The van der Waals surface area contributed by atoms with Gasteiger partial charge >= 0.3 is 12.1 Å². The summed E-state index contributed by atoms with van der Waals surface area (Å²) in [6.45, 7) is 2.72. The van der Waals surface area contributed by atoms with Gasteiger partial charge in [-0.25, -0.2) is 9.18 Å². The van der Waals surface area contributed by atoms with Crippen LogP contribution < -0.4 is 10.1 Å². The molecule has 1 unspecified atom stereocenters. The van der Waals surface area contributed by atoms with E-state index in [0.717, 1.165) is 26.1 Å². The van der Waals surface area contributed by atoms with Crippen molar-refractivity contribution in [1.29, 1.82) is 0 Å². The average molecular weight is 539 g/mol. The number of carboxylic acids is 1. The summed E-state index contributed by atoms with van der Waals surface area (Å²) in [5.74, 6) is -2.87. The standard InChI is InChI=1S/C24H22ClFN2O2.C2HF3O2/c25-22-14-20(27-24(29)18-6-8-19(26)9-7-18)10-11-23(22)30-21-12-13-28(16-21)15-17-4-2-1-3-5-17;3-2(4,5)1(6)7/h1-11,14,21H,12-13,15-16H2,(H,27,29);(H,6,7). The lowest BCUT2D eigenvalue weighted by molar-refractivity contribution is -0.192. The molecule has 0 bridgehead atoms. The quantitative estimate of drug-likeness (QED) is 0.375. The van der Waals surface area contributed by atoms with Gasteiger partial charge < -0.3 is 15.2 Å². The van der Waals surface area contributed by atoms with E-state index in [1.165, 1.54) is 29.8 Å². The summed E-state index contributed by atoms with van der Waals surface area (Å²) in [6, 6.07) is 20.9. The van der Waals surface area contributed by atoms with Gasteiger partial charge in [0.2, 0.25) is 0 Å². The fraction of sp³-hybridized carbons (Fsp3) is 0.231. The first kappa shape index (κ1) is 27.9. The van der Waals surface area contributed by atoms with Crippen molar-refractivity contribution >= 4 is 29.2 Å². The fourth-order valence-corrected chi connectivity index (χ4v) is 3.76. The van der Waals surface area contributed by atoms with E-state index in [1.807, 2.05) is 6.07 Å². The number of carboxylic acid groups (broad SMARTS) is 1. The topological polar surface area (TPSA) is 78.9 Å². The Kier molecular flexibility index (Phi) is 9.48. The van der Waals surface area contributed by atoms with Crippen LogP contribution in [0, 0.1) is 5.82 Å². The van der Waals surface area contributed by atoms with Crippen LogP contribution >= 0.6 is 11.6 Å². The van der Waals surface area contributed by atoms with E-state index in [9.17, 15) is 22.4 Å². The van der Waals surface area contributed by atoms with Gasteiger partial charge in [-0.3, -0.25) is 9.69 Å². The zero-order chi connectivity index (χ0) is 27.0. The zero-order valence-corrected chi connectivity index (χ0v) is 20.1. The summed E-state index contributed by atoms with van der Waals surface area (Å²) in [5.41, 5.74) is 2.22. The number of carbonyl (C=O) groups is 2. The van der Waals surface area contributed by atoms with Gasteiger partial charge in [-0.05, 0) is 54.4 Å². The van der Waals surface area contributed by atoms with Crippen molar-refractivity contribution in [3.05, 3.63) is 94.8 Å². The molecule has 0 aliphatic carbocycles. The lowest BCUT2D eigenvalue weighted by Gasteiger charge is -2.18. The van der Waals surface area contributed by atoms with Crippen molar-refractivity contribution in [1.82, 2.24) is 4.90 Å². The van der Waals surface area contributed by atoms with Crippen LogP contribution in [-0.2, 0) is 11.3 Å². The van der Waals surface area contributed by atoms with E-state index in [0.29, 0.717) is 22.0 Å². The number of benzene rings is 3. The molecule has 11 heteroatoms. The summed E-state index contributed by atoms with van der Waals surface area (Å²) < 4.78 is 50.8. The second-order valence-corrected chi connectivity index (χ2v) is 8.57. The molecule has 0 spiro atoms. The van der Waals surface area contributed by atoms with Gasteiger partial charge in [0, 0.05) is 30.9 Å². The number of anilines is 1. The Labute approximate surface area is 215 Å². The van der Waals surface area contributed by atoms with E-state index in [1.54, 1.807) is 18.2 Å². The number of amides is 1. The van der Waals surface area contributed by atoms with Crippen molar-refractivity contribution in [3.8, 4) is 5.75 Å². The van der Waals surface area contributed by atoms with Gasteiger partial charge in [0.1, 0.15) is 17.7 Å². The summed E-state index contributed by atoms with van der Waals surface area (Å²) >= 11 is 6.38. The molecule has 0 saturated carbocycles. The molecule has 4 rings (SSSR count). The van der Waals surface area contributed by atoms with Crippen LogP contribution in [0.5, 0.6) is 5.75 Å². The van der Waals surface area contributed by atoms with Crippen molar-refractivity contribution in [3.63, 3.8) is 0 Å². The molecule has 1 heterocycles. The highest BCUT2D eigenvalue weighted by molar-refractivity contribution is 6.32. The maximum atomic E-state index is 13.0. The first-order chi connectivity index (χ1) is 17.5. The summed E-state index contributed by atoms with van der Waals surface area (Å²) in [6.07, 6.45) is -4.07. The van der Waals surface area contributed by atoms with Crippen LogP contribution in [0.2, 0.25) is 5.02 Å². The third-order valence-electron chi connectivity index (χ3n) is 5.31. The van der Waals surface area contributed by atoms with Gasteiger partial charge in [0.15, 0.2) is 0 Å². The molecule has 1 saturated heterocycles. The van der Waals surface area contributed by atoms with Crippen LogP contribution in [0.3, 0.4) is 0 Å². The second kappa shape index (κ2) is 12.6. The molecule has 0 aromatic heterocycles. The first-order valence-corrected chi connectivity index (χ1v) is 11.5. The molecule has 1 amide bonds. The average Bonchev–Trinajstić information content (AvgIpc) is 3.28. The van der Waals surface area contributed by atoms with Crippen LogP contribution in [0.1, 0.15) is 22.3 Å². The van der Waals surface area contributed by atoms with Crippen molar-refractivity contribution < 1.29 is 37.0 Å². The number of carbonyl (C=O) groups excluding carboxylic acids is 1. The van der Waals surface area contributed by atoms with Crippen LogP contribution in [-0.4, -0.2) is 47.3 Å². The molecule has 2 N–H and O–H groups in total. The van der Waals surface area contributed by atoms with Gasteiger partial charge in [0.05, 0.1) is 5.02 Å². The molecule has 0 radical (unpaired) electrons. The van der Waals surface area contributed by atoms with E-state index in [-0.39, 0.29) is 17.8 Å². The largest absolute Gasteiger partial charge is 0.490 e. The van der Waals surface area contributed by atoms with Crippen molar-refractivity contribution in [2.45, 2.75) is 25.2 Å². The molecule has 3 aromatic rings. The maximum Gasteiger partial charge on any atom is 0.490 e. The van der Waals surface area contributed by atoms with E-state index < -0.39 is 12.1 Å². The normalized spacial score (nSPS) is 15.4. The highest BCUT2D eigenvalue weighted by Gasteiger charge is 2.38. The fourth-order valence-electron chi connectivity index (χ4n) is 3.54. The summed E-state index contributed by atoms with van der Waals surface area (Å²) in [5, 5.41) is 10.3. The Morgan fingerprint density at radius 3 is 2.30 bits per heavy atom. The van der Waals surface area contributed by atoms with Crippen molar-refractivity contribution in [2.24, 2.45) is 0 Å². The monoisotopic (exact) mass is 538 g/mol. The summed E-state index contributed by atoms with van der Waals surface area (Å²) in [4.78, 5) is 23.5. The number of nitrogens with zero attached hydrogens (tertiary/aromatic N) is 1. The molecule has 6 nitrogen and oxygen atoms in total. The molecule has 1 atom stereocenters. The third kappa shape index (κ3) is 8.76. The Bertz CT molecular complexity index is 1210. The van der Waals surface area contributed by atoms with Gasteiger partial charge in [-0.1, -0.05) is 41.9 Å². The lowest BCUT2D eigenvalue weighted by atomic mass is 10.2. The number of alkyl halides is 3.